The molecule has 4 rings (SSSR count). The maximum absolute atomic E-state index is 13.8. The molecule has 0 saturated carbocycles. The van der Waals surface area contributed by atoms with Crippen molar-refractivity contribution >= 4 is 0 Å². The zero-order chi connectivity index (χ0) is 23.5. The molecule has 7 heteroatoms. The molecule has 166 valence electrons. The van der Waals surface area contributed by atoms with E-state index >= 15 is 0 Å². The third-order valence-corrected chi connectivity index (χ3v) is 5.63. The van der Waals surface area contributed by atoms with Gasteiger partial charge in [0, 0.05) is 30.1 Å². The van der Waals surface area contributed by atoms with Crippen molar-refractivity contribution in [2.24, 2.45) is 0 Å². The highest BCUT2D eigenvalue weighted by molar-refractivity contribution is 5.44. The molecule has 1 N–H and O–H groups in total. The number of benzene rings is 2. The van der Waals surface area contributed by atoms with E-state index in [4.69, 9.17) is 0 Å². The smallest absolute Gasteiger partial charge is 0.254 e. The van der Waals surface area contributed by atoms with Gasteiger partial charge in [0.05, 0.1) is 30.2 Å². The van der Waals surface area contributed by atoms with Crippen LogP contribution >= 0.6 is 0 Å². The molecule has 0 aliphatic carbocycles. The SMILES string of the molecule is Cc1cn(-c2ccc(Cc3cc(C#N)cn([C@@H](CO)c4cccc(F)c4)c3=O)cc2C)cn1. The zero-order valence-corrected chi connectivity index (χ0v) is 18.4. The second kappa shape index (κ2) is 9.23. The van der Waals surface area contributed by atoms with E-state index in [2.05, 4.69) is 11.1 Å². The molecule has 1 atom stereocenters. The molecule has 2 aromatic heterocycles. The Bertz CT molecular complexity index is 1410. The van der Waals surface area contributed by atoms with E-state index in [1.54, 1.807) is 18.5 Å². The average Bonchev–Trinajstić information content (AvgIpc) is 3.22. The molecule has 0 bridgehead atoms. The van der Waals surface area contributed by atoms with E-state index in [0.717, 1.165) is 22.5 Å². The molecular formula is C26H23FN4O2. The highest BCUT2D eigenvalue weighted by Crippen LogP contribution is 2.21. The summed E-state index contributed by atoms with van der Waals surface area (Å²) in [6.45, 7) is 3.51. The fourth-order valence-corrected chi connectivity index (χ4v) is 4.04. The van der Waals surface area contributed by atoms with Crippen LogP contribution in [0.4, 0.5) is 4.39 Å². The van der Waals surface area contributed by atoms with Crippen LogP contribution in [0.25, 0.3) is 5.69 Å². The van der Waals surface area contributed by atoms with Crippen molar-refractivity contribution < 1.29 is 9.50 Å². The number of nitriles is 1. The van der Waals surface area contributed by atoms with Crippen molar-refractivity contribution in [2.75, 3.05) is 6.61 Å². The Labute approximate surface area is 190 Å². The molecule has 0 radical (unpaired) electrons. The minimum absolute atomic E-state index is 0.293. The first-order valence-electron chi connectivity index (χ1n) is 10.5. The molecule has 33 heavy (non-hydrogen) atoms. The monoisotopic (exact) mass is 442 g/mol. The van der Waals surface area contributed by atoms with Gasteiger partial charge in [-0.05, 0) is 54.8 Å². The largest absolute Gasteiger partial charge is 0.394 e. The van der Waals surface area contributed by atoms with Crippen LogP contribution in [0, 0.1) is 31.0 Å². The number of aromatic nitrogens is 3. The number of imidazole rings is 1. The minimum atomic E-state index is -0.797. The fraction of sp³-hybridized carbons (Fsp3) is 0.192. The summed E-state index contributed by atoms with van der Waals surface area (Å²) in [6, 6.07) is 14.5. The van der Waals surface area contributed by atoms with Crippen molar-refractivity contribution in [3.63, 3.8) is 0 Å². The summed E-state index contributed by atoms with van der Waals surface area (Å²) in [7, 11) is 0. The van der Waals surface area contributed by atoms with E-state index < -0.39 is 18.5 Å². The first kappa shape index (κ1) is 22.2. The van der Waals surface area contributed by atoms with Gasteiger partial charge < -0.3 is 14.2 Å². The lowest BCUT2D eigenvalue weighted by Crippen LogP contribution is -2.30. The van der Waals surface area contributed by atoms with E-state index in [9.17, 15) is 19.6 Å². The summed E-state index contributed by atoms with van der Waals surface area (Å²) < 4.78 is 17.0. The summed E-state index contributed by atoms with van der Waals surface area (Å²) in [6.07, 6.45) is 5.43. The predicted molar refractivity (Wildman–Crippen MR) is 123 cm³/mol. The van der Waals surface area contributed by atoms with Crippen LogP contribution in [-0.2, 0) is 6.42 Å². The topological polar surface area (TPSA) is 83.8 Å². The Hall–Kier alpha value is -4.02. The van der Waals surface area contributed by atoms with Crippen molar-refractivity contribution in [1.29, 1.82) is 5.26 Å². The number of aliphatic hydroxyl groups excluding tert-OH is 1. The van der Waals surface area contributed by atoms with Crippen molar-refractivity contribution in [2.45, 2.75) is 26.3 Å². The normalized spacial score (nSPS) is 11.8. The molecule has 0 unspecified atom stereocenters. The summed E-state index contributed by atoms with van der Waals surface area (Å²) in [4.78, 5) is 17.6. The molecule has 2 aromatic carbocycles. The minimum Gasteiger partial charge on any atom is -0.394 e. The van der Waals surface area contributed by atoms with E-state index in [1.165, 1.54) is 29.0 Å². The third-order valence-electron chi connectivity index (χ3n) is 5.63. The van der Waals surface area contributed by atoms with Gasteiger partial charge in [0.1, 0.15) is 11.9 Å². The number of halogens is 1. The molecule has 4 aromatic rings. The Morgan fingerprint density at radius 1 is 1.15 bits per heavy atom. The van der Waals surface area contributed by atoms with Gasteiger partial charge in [-0.25, -0.2) is 9.37 Å². The first-order valence-corrected chi connectivity index (χ1v) is 10.5. The van der Waals surface area contributed by atoms with Gasteiger partial charge in [-0.3, -0.25) is 4.79 Å². The Morgan fingerprint density at radius 3 is 2.61 bits per heavy atom. The molecular weight excluding hydrogens is 419 g/mol. The Balaban J connectivity index is 1.72. The van der Waals surface area contributed by atoms with Crippen LogP contribution in [0.2, 0.25) is 0 Å². The Kier molecular flexibility index (Phi) is 6.20. The molecule has 0 aliphatic heterocycles. The van der Waals surface area contributed by atoms with Crippen LogP contribution < -0.4 is 5.56 Å². The third kappa shape index (κ3) is 4.61. The maximum atomic E-state index is 13.8. The standard InChI is InChI=1S/C26H23FN4O2/c1-17-8-19(6-7-24(17)30-13-18(2)29-16-30)9-22-10-20(12-28)14-31(26(22)33)25(15-32)21-4-3-5-23(27)11-21/h3-8,10-11,13-14,16,25,32H,9,15H2,1-2H3/t25-/m0/s1. The number of hydrogen-bond donors (Lipinski definition) is 1. The van der Waals surface area contributed by atoms with E-state index in [-0.39, 0.29) is 5.56 Å². The number of rotatable bonds is 6. The lowest BCUT2D eigenvalue weighted by atomic mass is 10.0. The van der Waals surface area contributed by atoms with Crippen LogP contribution in [0.5, 0.6) is 0 Å². The van der Waals surface area contributed by atoms with Gasteiger partial charge in [-0.2, -0.15) is 5.26 Å². The van der Waals surface area contributed by atoms with Crippen LogP contribution in [0.3, 0.4) is 0 Å². The van der Waals surface area contributed by atoms with Gasteiger partial charge in [-0.1, -0.05) is 24.3 Å². The van der Waals surface area contributed by atoms with Gasteiger partial charge in [0.2, 0.25) is 0 Å². The molecule has 2 heterocycles. The van der Waals surface area contributed by atoms with Crippen LogP contribution in [0.15, 0.2) is 72.0 Å². The second-order valence-corrected chi connectivity index (χ2v) is 8.05. The second-order valence-electron chi connectivity index (χ2n) is 8.05. The lowest BCUT2D eigenvalue weighted by molar-refractivity contribution is 0.246. The van der Waals surface area contributed by atoms with Gasteiger partial charge >= 0.3 is 0 Å². The highest BCUT2D eigenvalue weighted by Gasteiger charge is 2.18. The molecule has 0 spiro atoms. The van der Waals surface area contributed by atoms with E-state index in [1.807, 2.05) is 42.8 Å². The van der Waals surface area contributed by atoms with Gasteiger partial charge in [0.15, 0.2) is 0 Å². The summed E-state index contributed by atoms with van der Waals surface area (Å²) in [5.41, 5.74) is 4.70. The van der Waals surface area contributed by atoms with E-state index in [0.29, 0.717) is 23.1 Å². The van der Waals surface area contributed by atoms with Gasteiger partial charge in [0.25, 0.3) is 5.56 Å². The quantitative estimate of drug-likeness (QED) is 0.492. The van der Waals surface area contributed by atoms with Gasteiger partial charge in [-0.15, -0.1) is 0 Å². The average molecular weight is 442 g/mol. The molecule has 0 aliphatic rings. The number of aryl methyl sites for hydroxylation is 2. The fourth-order valence-electron chi connectivity index (χ4n) is 4.04. The summed E-state index contributed by atoms with van der Waals surface area (Å²) in [5, 5.41) is 19.5. The molecule has 0 saturated heterocycles. The predicted octanol–water partition coefficient (Wildman–Crippen LogP) is 3.83. The zero-order valence-electron chi connectivity index (χ0n) is 18.4. The molecule has 0 fully saturated rings. The van der Waals surface area contributed by atoms with Crippen LogP contribution in [-0.4, -0.2) is 25.8 Å². The van der Waals surface area contributed by atoms with Crippen LogP contribution in [0.1, 0.15) is 39.6 Å². The number of hydrogen-bond acceptors (Lipinski definition) is 4. The molecule has 6 nitrogen and oxygen atoms in total. The van der Waals surface area contributed by atoms with Crippen molar-refractivity contribution in [3.05, 3.63) is 117 Å². The summed E-state index contributed by atoms with van der Waals surface area (Å²) in [5.74, 6) is -0.459. The van der Waals surface area contributed by atoms with Crippen molar-refractivity contribution in [3.8, 4) is 11.8 Å². The van der Waals surface area contributed by atoms with Crippen molar-refractivity contribution in [1.82, 2.24) is 14.1 Å². The number of nitrogens with zero attached hydrogens (tertiary/aromatic N) is 4. The Morgan fingerprint density at radius 2 is 1.97 bits per heavy atom. The highest BCUT2D eigenvalue weighted by atomic mass is 19.1. The lowest BCUT2D eigenvalue weighted by Gasteiger charge is -2.20. The number of pyridine rings is 1. The molecule has 0 amide bonds. The number of aliphatic hydroxyl groups is 1. The first-order chi connectivity index (χ1) is 15.9. The maximum Gasteiger partial charge on any atom is 0.254 e. The summed E-state index contributed by atoms with van der Waals surface area (Å²) >= 11 is 0.